The van der Waals surface area contributed by atoms with Crippen LogP contribution in [0.4, 0.5) is 0 Å². The molecule has 1 saturated heterocycles. The molecule has 108 valence electrons. The van der Waals surface area contributed by atoms with Gasteiger partial charge in [-0.25, -0.2) is 9.13 Å². The van der Waals surface area contributed by atoms with E-state index in [4.69, 9.17) is 19.8 Å². The summed E-state index contributed by atoms with van der Waals surface area (Å²) in [5.41, 5.74) is 0. The van der Waals surface area contributed by atoms with Crippen LogP contribution in [0.2, 0.25) is 0 Å². The van der Waals surface area contributed by atoms with Crippen LogP contribution in [0.15, 0.2) is 0 Å². The maximum atomic E-state index is 11.1. The summed E-state index contributed by atoms with van der Waals surface area (Å²) >= 11 is 0. The first kappa shape index (κ1) is 16.2. The van der Waals surface area contributed by atoms with Gasteiger partial charge in [0.25, 0.3) is 0 Å². The van der Waals surface area contributed by atoms with Gasteiger partial charge in [-0.1, -0.05) is 0 Å². The van der Waals surface area contributed by atoms with Crippen LogP contribution >= 0.6 is 15.6 Å². The zero-order chi connectivity index (χ0) is 14.1. The first-order valence-electron chi connectivity index (χ1n) is 4.46. The normalized spacial score (nSPS) is 37.2. The molecule has 13 heteroatoms. The molecule has 1 heterocycles. The number of rotatable bonds is 4. The molecule has 6 N–H and O–H groups in total. The van der Waals surface area contributed by atoms with Gasteiger partial charge in [0.1, 0.15) is 18.3 Å². The Hall–Kier alpha value is 0.1000. The van der Waals surface area contributed by atoms with Crippen molar-refractivity contribution in [2.24, 2.45) is 0 Å². The molecule has 0 bridgehead atoms. The molecule has 11 nitrogen and oxygen atoms in total. The van der Waals surface area contributed by atoms with Crippen LogP contribution in [-0.2, 0) is 22.7 Å². The van der Waals surface area contributed by atoms with Gasteiger partial charge in [-0.2, -0.15) is 4.31 Å². The average molecular weight is 310 g/mol. The Morgan fingerprint density at radius 1 is 1.06 bits per heavy atom. The largest absolute Gasteiger partial charge is 0.483 e. The number of ether oxygens (including phenoxy) is 1. The van der Waals surface area contributed by atoms with Crippen molar-refractivity contribution in [2.45, 2.75) is 24.6 Å². The summed E-state index contributed by atoms with van der Waals surface area (Å²) in [5.74, 6) is 0. The maximum absolute atomic E-state index is 11.1. The Morgan fingerprint density at radius 2 is 1.61 bits per heavy atom. The highest BCUT2D eigenvalue weighted by atomic mass is 31.3. The van der Waals surface area contributed by atoms with Crippen molar-refractivity contribution in [1.82, 2.24) is 0 Å². The van der Waals surface area contributed by atoms with Crippen LogP contribution in [0.5, 0.6) is 0 Å². The van der Waals surface area contributed by atoms with E-state index in [1.54, 1.807) is 0 Å². The van der Waals surface area contributed by atoms with Crippen molar-refractivity contribution >= 4 is 15.6 Å². The minimum Gasteiger partial charge on any atom is -0.388 e. The number of phosphoric acid groups is 2. The van der Waals surface area contributed by atoms with E-state index in [1.807, 2.05) is 0 Å². The Balaban J connectivity index is 2.67. The third kappa shape index (κ3) is 4.65. The zero-order valence-electron chi connectivity index (χ0n) is 8.64. The first-order valence-corrected chi connectivity index (χ1v) is 7.48. The number of aliphatic hydroxyl groups excluding tert-OH is 3. The molecule has 0 spiro atoms. The number of aliphatic hydroxyl groups is 3. The molecule has 0 aromatic heterocycles. The minimum atomic E-state index is -5.29. The van der Waals surface area contributed by atoms with Crippen molar-refractivity contribution in [1.29, 1.82) is 0 Å². The maximum Gasteiger partial charge on any atom is 0.483 e. The predicted octanol–water partition coefficient (Wildman–Crippen LogP) is -2.35. The van der Waals surface area contributed by atoms with E-state index in [9.17, 15) is 19.3 Å². The summed E-state index contributed by atoms with van der Waals surface area (Å²) in [6.07, 6.45) is -6.92. The topological polar surface area (TPSA) is 183 Å². The van der Waals surface area contributed by atoms with Crippen LogP contribution in [0, 0.1) is 0 Å². The molecule has 18 heavy (non-hydrogen) atoms. The average Bonchev–Trinajstić information content (AvgIpc) is 2.15. The molecule has 1 unspecified atom stereocenters. The predicted molar refractivity (Wildman–Crippen MR) is 51.8 cm³/mol. The minimum absolute atomic E-state index is 0.515. The molecular formula is C5H12O11P2. The smallest absolute Gasteiger partial charge is 0.388 e. The number of hydrogen-bond acceptors (Lipinski definition) is 8. The van der Waals surface area contributed by atoms with Gasteiger partial charge < -0.3 is 34.7 Å². The highest BCUT2D eigenvalue weighted by molar-refractivity contribution is 7.60. The third-order valence-electron chi connectivity index (χ3n) is 1.90. The van der Waals surface area contributed by atoms with Crippen molar-refractivity contribution < 1.29 is 52.7 Å². The van der Waals surface area contributed by atoms with Gasteiger partial charge in [0, 0.05) is 0 Å². The van der Waals surface area contributed by atoms with E-state index in [0.717, 1.165) is 0 Å². The monoisotopic (exact) mass is 310 g/mol. The molecule has 0 aromatic rings. The molecular weight excluding hydrogens is 298 g/mol. The van der Waals surface area contributed by atoms with E-state index in [1.165, 1.54) is 0 Å². The van der Waals surface area contributed by atoms with Gasteiger partial charge >= 0.3 is 15.6 Å². The summed E-state index contributed by atoms with van der Waals surface area (Å²) < 4.78 is 33.6. The van der Waals surface area contributed by atoms with E-state index in [0.29, 0.717) is 0 Å². The van der Waals surface area contributed by atoms with Crippen LogP contribution < -0.4 is 0 Å². The lowest BCUT2D eigenvalue weighted by atomic mass is 10.1. The second kappa shape index (κ2) is 5.61. The SMILES string of the molecule is O=P(O)(O)OP(=O)(O)O[C@H]1OC[C@@H](O)[C@@H](O)[C@@H]1O. The molecule has 0 saturated carbocycles. The molecule has 5 atom stereocenters. The van der Waals surface area contributed by atoms with Crippen LogP contribution in [0.3, 0.4) is 0 Å². The molecule has 0 aromatic carbocycles. The fourth-order valence-corrected chi connectivity index (χ4v) is 2.83. The van der Waals surface area contributed by atoms with Crippen molar-refractivity contribution in [3.8, 4) is 0 Å². The van der Waals surface area contributed by atoms with E-state index in [-0.39, 0.29) is 0 Å². The fraction of sp³-hybridized carbons (Fsp3) is 1.00. The Labute approximate surface area is 100 Å². The van der Waals surface area contributed by atoms with Gasteiger partial charge in [-0.05, 0) is 0 Å². The zero-order valence-corrected chi connectivity index (χ0v) is 10.4. The molecule has 1 aliphatic rings. The van der Waals surface area contributed by atoms with Gasteiger partial charge in [-0.3, -0.25) is 4.52 Å². The van der Waals surface area contributed by atoms with Crippen molar-refractivity contribution in [2.75, 3.05) is 6.61 Å². The van der Waals surface area contributed by atoms with Gasteiger partial charge in [0.05, 0.1) is 6.61 Å². The second-order valence-corrected chi connectivity index (χ2v) is 6.18. The second-order valence-electron chi connectivity index (χ2n) is 3.40. The van der Waals surface area contributed by atoms with E-state index in [2.05, 4.69) is 13.6 Å². The molecule has 0 amide bonds. The lowest BCUT2D eigenvalue weighted by Gasteiger charge is -2.34. The lowest BCUT2D eigenvalue weighted by molar-refractivity contribution is -0.245. The summed E-state index contributed by atoms with van der Waals surface area (Å²) in [7, 11) is -10.5. The quantitative estimate of drug-likeness (QED) is 0.305. The van der Waals surface area contributed by atoms with Gasteiger partial charge in [-0.15, -0.1) is 0 Å². The summed E-state index contributed by atoms with van der Waals surface area (Å²) in [6, 6.07) is 0. The van der Waals surface area contributed by atoms with Crippen LogP contribution in [0.1, 0.15) is 0 Å². The first-order chi connectivity index (χ1) is 8.02. The number of phosphoric ester groups is 1. The van der Waals surface area contributed by atoms with Gasteiger partial charge in [0.2, 0.25) is 0 Å². The summed E-state index contributed by atoms with van der Waals surface area (Å²) in [6.45, 7) is -0.515. The molecule has 1 rings (SSSR count). The highest BCUT2D eigenvalue weighted by Gasteiger charge is 2.44. The highest BCUT2D eigenvalue weighted by Crippen LogP contribution is 2.58. The van der Waals surface area contributed by atoms with Crippen LogP contribution in [0.25, 0.3) is 0 Å². The Bertz CT molecular complexity index is 378. The summed E-state index contributed by atoms with van der Waals surface area (Å²) in [5, 5.41) is 27.6. The lowest BCUT2D eigenvalue weighted by Crippen LogP contribution is -2.53. The van der Waals surface area contributed by atoms with Crippen LogP contribution in [-0.4, -0.2) is 61.2 Å². The Kier molecular flexibility index (Phi) is 5.04. The van der Waals surface area contributed by atoms with Gasteiger partial charge in [0.15, 0.2) is 6.29 Å². The Morgan fingerprint density at radius 3 is 2.11 bits per heavy atom. The van der Waals surface area contributed by atoms with E-state index < -0.39 is 46.9 Å². The van der Waals surface area contributed by atoms with E-state index >= 15 is 0 Å². The molecule has 0 radical (unpaired) electrons. The fourth-order valence-electron chi connectivity index (χ4n) is 1.16. The number of hydrogen-bond donors (Lipinski definition) is 6. The third-order valence-corrected chi connectivity index (χ3v) is 4.05. The standard InChI is InChI=1S/C5H12O11P2/c6-2-1-14-5(4(8)3(2)7)15-18(12,13)16-17(9,10)11/h2-8H,1H2,(H,12,13)(H2,9,10,11)/t2-,3-,4+,5-/m1/s1. The molecule has 1 aliphatic heterocycles. The molecule has 0 aliphatic carbocycles. The molecule has 1 fully saturated rings. The van der Waals surface area contributed by atoms with Crippen molar-refractivity contribution in [3.63, 3.8) is 0 Å². The van der Waals surface area contributed by atoms with Crippen molar-refractivity contribution in [3.05, 3.63) is 0 Å². The summed E-state index contributed by atoms with van der Waals surface area (Å²) in [4.78, 5) is 25.6.